The lowest BCUT2D eigenvalue weighted by atomic mass is 10.1. The molecule has 2 saturated heterocycles. The number of carbonyl (C=O) groups is 2. The van der Waals surface area contributed by atoms with Crippen molar-refractivity contribution >= 4 is 11.8 Å². The van der Waals surface area contributed by atoms with Gasteiger partial charge in [0.15, 0.2) is 0 Å². The van der Waals surface area contributed by atoms with E-state index in [0.29, 0.717) is 39.5 Å². The summed E-state index contributed by atoms with van der Waals surface area (Å²) in [5.74, 6) is -0.225. The second-order valence-electron chi connectivity index (χ2n) is 4.73. The van der Waals surface area contributed by atoms with Crippen LogP contribution in [0, 0.1) is 5.92 Å². The van der Waals surface area contributed by atoms with Crippen molar-refractivity contribution in [2.75, 3.05) is 39.5 Å². The predicted molar refractivity (Wildman–Crippen MR) is 63.9 cm³/mol. The summed E-state index contributed by atoms with van der Waals surface area (Å²) in [7, 11) is 0. The maximum atomic E-state index is 12.1. The molecular formula is C12H20N2O4. The Morgan fingerprint density at radius 3 is 2.56 bits per heavy atom. The van der Waals surface area contributed by atoms with E-state index in [1.54, 1.807) is 11.8 Å². The third kappa shape index (κ3) is 3.20. The number of hydrogen-bond acceptors (Lipinski definition) is 4. The molecule has 2 atom stereocenters. The summed E-state index contributed by atoms with van der Waals surface area (Å²) < 4.78 is 10.4. The minimum atomic E-state index is -0.476. The minimum Gasteiger partial charge on any atom is -0.381 e. The van der Waals surface area contributed by atoms with E-state index in [-0.39, 0.29) is 17.7 Å². The quantitative estimate of drug-likeness (QED) is 0.731. The molecule has 0 saturated carbocycles. The summed E-state index contributed by atoms with van der Waals surface area (Å²) in [6, 6.07) is -0.476. The van der Waals surface area contributed by atoms with E-state index >= 15 is 0 Å². The van der Waals surface area contributed by atoms with Crippen molar-refractivity contribution in [1.29, 1.82) is 0 Å². The molecule has 0 bridgehead atoms. The summed E-state index contributed by atoms with van der Waals surface area (Å²) >= 11 is 0. The normalized spacial score (nSPS) is 25.8. The highest BCUT2D eigenvalue weighted by Gasteiger charge is 2.28. The van der Waals surface area contributed by atoms with Crippen molar-refractivity contribution in [3.8, 4) is 0 Å². The first kappa shape index (κ1) is 13.3. The number of morpholine rings is 1. The monoisotopic (exact) mass is 256 g/mol. The number of rotatable bonds is 3. The molecule has 0 aromatic rings. The van der Waals surface area contributed by atoms with Crippen molar-refractivity contribution in [3.63, 3.8) is 0 Å². The summed E-state index contributed by atoms with van der Waals surface area (Å²) in [4.78, 5) is 25.7. The van der Waals surface area contributed by atoms with Gasteiger partial charge >= 0.3 is 0 Å². The molecule has 2 unspecified atom stereocenters. The standard InChI is InChI=1S/C12H20N2O4/c1-9(12(16)14-3-6-17-7-4-14)13-11(15)10-2-5-18-8-10/h9-10H,2-8H2,1H3,(H,13,15). The van der Waals surface area contributed by atoms with Crippen LogP contribution in [0.25, 0.3) is 0 Å². The average Bonchev–Trinajstić information content (AvgIpc) is 2.92. The Kier molecular flexibility index (Phi) is 4.54. The third-order valence-corrected chi connectivity index (χ3v) is 3.35. The molecule has 0 aliphatic carbocycles. The van der Waals surface area contributed by atoms with Crippen LogP contribution in [0.3, 0.4) is 0 Å². The topological polar surface area (TPSA) is 67.9 Å². The Labute approximate surface area is 107 Å². The number of hydrogen-bond donors (Lipinski definition) is 1. The van der Waals surface area contributed by atoms with Crippen LogP contribution in [0.5, 0.6) is 0 Å². The van der Waals surface area contributed by atoms with Gasteiger partial charge in [-0.3, -0.25) is 9.59 Å². The maximum absolute atomic E-state index is 12.1. The summed E-state index contributed by atoms with van der Waals surface area (Å²) in [6.45, 7) is 5.17. The lowest BCUT2D eigenvalue weighted by Gasteiger charge is -2.29. The summed E-state index contributed by atoms with van der Waals surface area (Å²) in [5.41, 5.74) is 0. The molecule has 6 heteroatoms. The van der Waals surface area contributed by atoms with Gasteiger partial charge in [-0.2, -0.15) is 0 Å². The Morgan fingerprint density at radius 1 is 1.22 bits per heavy atom. The highest BCUT2D eigenvalue weighted by Crippen LogP contribution is 2.12. The van der Waals surface area contributed by atoms with Crippen LogP contribution >= 0.6 is 0 Å². The van der Waals surface area contributed by atoms with Gasteiger partial charge in [-0.1, -0.05) is 0 Å². The zero-order valence-corrected chi connectivity index (χ0v) is 10.7. The second-order valence-corrected chi connectivity index (χ2v) is 4.73. The Hall–Kier alpha value is -1.14. The Bertz CT molecular complexity index is 309. The molecule has 6 nitrogen and oxygen atoms in total. The van der Waals surface area contributed by atoms with E-state index in [1.807, 2.05) is 0 Å². The second kappa shape index (κ2) is 6.15. The Morgan fingerprint density at radius 2 is 1.94 bits per heavy atom. The fourth-order valence-corrected chi connectivity index (χ4v) is 2.19. The summed E-state index contributed by atoms with van der Waals surface area (Å²) in [5, 5.41) is 2.77. The molecule has 0 aromatic heterocycles. The van der Waals surface area contributed by atoms with E-state index in [1.165, 1.54) is 0 Å². The molecule has 2 aliphatic heterocycles. The Balaban J connectivity index is 1.80. The van der Waals surface area contributed by atoms with Gasteiger partial charge in [0.05, 0.1) is 25.7 Å². The molecular weight excluding hydrogens is 236 g/mol. The van der Waals surface area contributed by atoms with Crippen LogP contribution in [-0.2, 0) is 19.1 Å². The van der Waals surface area contributed by atoms with E-state index in [4.69, 9.17) is 9.47 Å². The average molecular weight is 256 g/mol. The molecule has 0 radical (unpaired) electrons. The van der Waals surface area contributed by atoms with E-state index in [9.17, 15) is 9.59 Å². The predicted octanol–water partition coefficient (Wildman–Crippen LogP) is -0.614. The molecule has 18 heavy (non-hydrogen) atoms. The zero-order valence-electron chi connectivity index (χ0n) is 10.7. The first-order chi connectivity index (χ1) is 8.68. The van der Waals surface area contributed by atoms with E-state index < -0.39 is 6.04 Å². The molecule has 2 rings (SSSR count). The SMILES string of the molecule is CC(NC(=O)C1CCOC1)C(=O)N1CCOCC1. The molecule has 2 aliphatic rings. The maximum Gasteiger partial charge on any atom is 0.245 e. The van der Waals surface area contributed by atoms with Gasteiger partial charge in [-0.25, -0.2) is 0 Å². The van der Waals surface area contributed by atoms with Crippen molar-refractivity contribution < 1.29 is 19.1 Å². The number of carbonyl (C=O) groups excluding carboxylic acids is 2. The van der Waals surface area contributed by atoms with Crippen LogP contribution in [0.15, 0.2) is 0 Å². The number of nitrogens with one attached hydrogen (secondary N) is 1. The molecule has 2 amide bonds. The van der Waals surface area contributed by atoms with Crippen LogP contribution < -0.4 is 5.32 Å². The van der Waals surface area contributed by atoms with Gasteiger partial charge in [0, 0.05) is 19.7 Å². The fourth-order valence-electron chi connectivity index (χ4n) is 2.19. The first-order valence-electron chi connectivity index (χ1n) is 6.43. The first-order valence-corrected chi connectivity index (χ1v) is 6.43. The van der Waals surface area contributed by atoms with Crippen LogP contribution in [0.2, 0.25) is 0 Å². The largest absolute Gasteiger partial charge is 0.381 e. The van der Waals surface area contributed by atoms with E-state index in [2.05, 4.69) is 5.32 Å². The molecule has 2 fully saturated rings. The fraction of sp³-hybridized carbons (Fsp3) is 0.833. The van der Waals surface area contributed by atoms with Gasteiger partial charge in [0.1, 0.15) is 6.04 Å². The number of ether oxygens (including phenoxy) is 2. The number of nitrogens with zero attached hydrogens (tertiary/aromatic N) is 1. The van der Waals surface area contributed by atoms with Crippen LogP contribution in [-0.4, -0.2) is 62.3 Å². The van der Waals surface area contributed by atoms with Gasteiger partial charge in [0.25, 0.3) is 0 Å². The van der Waals surface area contributed by atoms with Crippen LogP contribution in [0.1, 0.15) is 13.3 Å². The van der Waals surface area contributed by atoms with Gasteiger partial charge in [-0.05, 0) is 13.3 Å². The van der Waals surface area contributed by atoms with Gasteiger partial charge < -0.3 is 19.7 Å². The summed E-state index contributed by atoms with van der Waals surface area (Å²) in [6.07, 6.45) is 0.740. The highest BCUT2D eigenvalue weighted by atomic mass is 16.5. The van der Waals surface area contributed by atoms with Crippen molar-refractivity contribution in [3.05, 3.63) is 0 Å². The molecule has 0 spiro atoms. The molecule has 2 heterocycles. The van der Waals surface area contributed by atoms with Crippen molar-refractivity contribution in [2.24, 2.45) is 5.92 Å². The van der Waals surface area contributed by atoms with Crippen molar-refractivity contribution in [2.45, 2.75) is 19.4 Å². The zero-order chi connectivity index (χ0) is 13.0. The number of amides is 2. The highest BCUT2D eigenvalue weighted by molar-refractivity contribution is 5.88. The van der Waals surface area contributed by atoms with Crippen molar-refractivity contribution in [1.82, 2.24) is 10.2 Å². The molecule has 102 valence electrons. The third-order valence-electron chi connectivity index (χ3n) is 3.35. The minimum absolute atomic E-state index is 0.0365. The smallest absolute Gasteiger partial charge is 0.245 e. The van der Waals surface area contributed by atoms with E-state index in [0.717, 1.165) is 6.42 Å². The van der Waals surface area contributed by atoms with Crippen LogP contribution in [0.4, 0.5) is 0 Å². The van der Waals surface area contributed by atoms with Gasteiger partial charge in [0.2, 0.25) is 11.8 Å². The molecule has 1 N–H and O–H groups in total. The lowest BCUT2D eigenvalue weighted by molar-refractivity contribution is -0.140. The van der Waals surface area contributed by atoms with Gasteiger partial charge in [-0.15, -0.1) is 0 Å². The molecule has 0 aromatic carbocycles. The lowest BCUT2D eigenvalue weighted by Crippen LogP contribution is -2.51.